The Kier molecular flexibility index (Phi) is 5.04. The van der Waals surface area contributed by atoms with Crippen LogP contribution in [0.3, 0.4) is 0 Å². The van der Waals surface area contributed by atoms with Gasteiger partial charge in [-0.2, -0.15) is 0 Å². The highest BCUT2D eigenvalue weighted by Crippen LogP contribution is 2.50. The van der Waals surface area contributed by atoms with E-state index in [0.717, 1.165) is 62.7 Å². The number of likely N-dealkylation sites (tertiary alicyclic amines) is 1. The fourth-order valence-corrected chi connectivity index (χ4v) is 5.81. The summed E-state index contributed by atoms with van der Waals surface area (Å²) in [5, 5.41) is 10.3. The van der Waals surface area contributed by atoms with Crippen LogP contribution in [-0.2, 0) is 5.41 Å². The van der Waals surface area contributed by atoms with Crippen molar-refractivity contribution in [2.45, 2.75) is 87.9 Å². The van der Waals surface area contributed by atoms with Crippen molar-refractivity contribution in [3.8, 4) is 11.5 Å². The zero-order chi connectivity index (χ0) is 19.1. The molecule has 1 N–H and O–H groups in total. The lowest BCUT2D eigenvalue weighted by Crippen LogP contribution is -2.47. The van der Waals surface area contributed by atoms with E-state index in [2.05, 4.69) is 30.1 Å². The summed E-state index contributed by atoms with van der Waals surface area (Å²) in [4.78, 5) is 2.46. The van der Waals surface area contributed by atoms with E-state index < -0.39 is 0 Å². The van der Waals surface area contributed by atoms with Crippen LogP contribution in [0.25, 0.3) is 0 Å². The van der Waals surface area contributed by atoms with Crippen LogP contribution in [0, 0.1) is 5.92 Å². The van der Waals surface area contributed by atoms with Crippen molar-refractivity contribution in [1.82, 2.24) is 4.90 Å². The smallest absolute Gasteiger partial charge is 0.161 e. The second-order valence-electron chi connectivity index (χ2n) is 9.77. The summed E-state index contributed by atoms with van der Waals surface area (Å²) >= 11 is 0. The maximum atomic E-state index is 10.3. The lowest BCUT2D eigenvalue weighted by Gasteiger charge is -2.43. The molecular weight excluding hydrogens is 350 g/mol. The first-order valence-corrected chi connectivity index (χ1v) is 11.5. The van der Waals surface area contributed by atoms with Gasteiger partial charge < -0.3 is 19.5 Å². The van der Waals surface area contributed by atoms with Gasteiger partial charge in [-0.15, -0.1) is 0 Å². The third-order valence-electron chi connectivity index (χ3n) is 7.79. The topological polar surface area (TPSA) is 41.9 Å². The predicted octanol–water partition coefficient (Wildman–Crippen LogP) is 4.28. The molecule has 0 amide bonds. The van der Waals surface area contributed by atoms with Gasteiger partial charge in [0.2, 0.25) is 0 Å². The zero-order valence-electron chi connectivity index (χ0n) is 17.2. The van der Waals surface area contributed by atoms with Gasteiger partial charge in [-0.05, 0) is 101 Å². The van der Waals surface area contributed by atoms with Crippen LogP contribution in [0.1, 0.15) is 69.8 Å². The van der Waals surface area contributed by atoms with Gasteiger partial charge in [0, 0.05) is 11.5 Å². The Balaban J connectivity index is 1.45. The fraction of sp³-hybridized carbons (Fsp3) is 0.750. The Labute approximate surface area is 169 Å². The van der Waals surface area contributed by atoms with Crippen molar-refractivity contribution in [3.05, 3.63) is 23.8 Å². The number of benzene rings is 1. The normalized spacial score (nSPS) is 33.8. The third-order valence-corrected chi connectivity index (χ3v) is 7.79. The van der Waals surface area contributed by atoms with Crippen LogP contribution in [-0.4, -0.2) is 48.5 Å². The van der Waals surface area contributed by atoms with Gasteiger partial charge in [0.15, 0.2) is 11.5 Å². The first-order chi connectivity index (χ1) is 13.6. The van der Waals surface area contributed by atoms with Gasteiger partial charge in [0.1, 0.15) is 0 Å². The molecular formula is C24H35NO3. The molecule has 3 saturated carbocycles. The van der Waals surface area contributed by atoms with Crippen LogP contribution in [0.2, 0.25) is 0 Å². The van der Waals surface area contributed by atoms with Gasteiger partial charge in [-0.25, -0.2) is 0 Å². The molecule has 0 aromatic heterocycles. The number of fused-ring (bicyclic) bond motifs is 1. The summed E-state index contributed by atoms with van der Waals surface area (Å²) in [6, 6.07) is 7.17. The molecule has 4 heteroatoms. The minimum absolute atomic E-state index is 0.150. The summed E-state index contributed by atoms with van der Waals surface area (Å²) in [5.74, 6) is 2.63. The molecule has 3 atom stereocenters. The number of hydrogen-bond acceptors (Lipinski definition) is 4. The van der Waals surface area contributed by atoms with Gasteiger partial charge in [0.05, 0.1) is 18.8 Å². The van der Waals surface area contributed by atoms with Crippen molar-refractivity contribution in [1.29, 1.82) is 0 Å². The molecule has 4 nitrogen and oxygen atoms in total. The second-order valence-corrected chi connectivity index (χ2v) is 9.77. The van der Waals surface area contributed by atoms with E-state index in [4.69, 9.17) is 9.47 Å². The maximum absolute atomic E-state index is 10.3. The molecule has 1 aromatic carbocycles. The summed E-state index contributed by atoms with van der Waals surface area (Å²) in [6.07, 6.45) is 11.7. The third kappa shape index (κ3) is 3.54. The molecule has 1 heterocycles. The van der Waals surface area contributed by atoms with E-state index in [0.29, 0.717) is 12.1 Å². The quantitative estimate of drug-likeness (QED) is 0.793. The van der Waals surface area contributed by atoms with Gasteiger partial charge in [0.25, 0.3) is 0 Å². The molecule has 3 aliphatic carbocycles. The summed E-state index contributed by atoms with van der Waals surface area (Å²) in [5.41, 5.74) is 1.54. The highest BCUT2D eigenvalue weighted by molar-refractivity contribution is 5.47. The van der Waals surface area contributed by atoms with E-state index in [1.54, 1.807) is 0 Å². The molecule has 1 aromatic rings. The summed E-state index contributed by atoms with van der Waals surface area (Å²) < 4.78 is 12.7. The van der Waals surface area contributed by atoms with Crippen molar-refractivity contribution >= 4 is 0 Å². The standard InChI is InChI=1S/C24H35NO3/c1-25-13-12-24(11-10-19(26)15-23(24)25)18-8-9-21(27-16-17-6-7-17)22(14-18)28-20-4-2-3-5-20/h8-9,14,17,19-20,23,26H,2-7,10-13,15-16H2,1H3/t19-,23+,24+/m1/s1. The van der Waals surface area contributed by atoms with Crippen LogP contribution in [0.15, 0.2) is 18.2 Å². The number of aliphatic hydroxyl groups is 1. The molecule has 4 fully saturated rings. The predicted molar refractivity (Wildman–Crippen MR) is 110 cm³/mol. The SMILES string of the molecule is CN1CC[C@]2(c3ccc(OCC4CC4)c(OC4CCCC4)c3)CC[C@@H](O)C[C@H]12. The van der Waals surface area contributed by atoms with Crippen molar-refractivity contribution in [2.24, 2.45) is 5.92 Å². The molecule has 0 spiro atoms. The number of aliphatic hydroxyl groups excluding tert-OH is 1. The van der Waals surface area contributed by atoms with E-state index in [1.807, 2.05) is 0 Å². The van der Waals surface area contributed by atoms with Crippen molar-refractivity contribution in [2.75, 3.05) is 20.2 Å². The Bertz CT molecular complexity index is 697. The fourth-order valence-electron chi connectivity index (χ4n) is 5.81. The van der Waals surface area contributed by atoms with Crippen LogP contribution in [0.5, 0.6) is 11.5 Å². The van der Waals surface area contributed by atoms with E-state index in [9.17, 15) is 5.11 Å². The molecule has 0 bridgehead atoms. The van der Waals surface area contributed by atoms with Crippen LogP contribution >= 0.6 is 0 Å². The minimum atomic E-state index is -0.158. The second kappa shape index (κ2) is 7.53. The van der Waals surface area contributed by atoms with Gasteiger partial charge in [-0.1, -0.05) is 6.07 Å². The molecule has 4 aliphatic rings. The number of likely N-dealkylation sites (N-methyl/N-ethyl adjacent to an activating group) is 1. The van der Waals surface area contributed by atoms with Gasteiger partial charge >= 0.3 is 0 Å². The highest BCUT2D eigenvalue weighted by Gasteiger charge is 2.50. The Morgan fingerprint density at radius 3 is 2.68 bits per heavy atom. The number of hydrogen-bond donors (Lipinski definition) is 1. The lowest BCUT2D eigenvalue weighted by molar-refractivity contribution is 0.0565. The Hall–Kier alpha value is -1.26. The average Bonchev–Trinajstić information content (AvgIpc) is 3.28. The molecule has 28 heavy (non-hydrogen) atoms. The molecule has 1 saturated heterocycles. The van der Waals surface area contributed by atoms with Crippen LogP contribution < -0.4 is 9.47 Å². The van der Waals surface area contributed by atoms with Crippen LogP contribution in [0.4, 0.5) is 0 Å². The molecule has 1 aliphatic heterocycles. The van der Waals surface area contributed by atoms with Gasteiger partial charge in [-0.3, -0.25) is 0 Å². The average molecular weight is 386 g/mol. The monoisotopic (exact) mass is 385 g/mol. The summed E-state index contributed by atoms with van der Waals surface area (Å²) in [7, 11) is 2.22. The maximum Gasteiger partial charge on any atom is 0.161 e. The highest BCUT2D eigenvalue weighted by atomic mass is 16.5. The number of nitrogens with zero attached hydrogens (tertiary/aromatic N) is 1. The molecule has 0 radical (unpaired) electrons. The Morgan fingerprint density at radius 2 is 1.89 bits per heavy atom. The number of rotatable bonds is 6. The minimum Gasteiger partial charge on any atom is -0.489 e. The van der Waals surface area contributed by atoms with E-state index >= 15 is 0 Å². The van der Waals surface area contributed by atoms with Crippen molar-refractivity contribution in [3.63, 3.8) is 0 Å². The first kappa shape index (κ1) is 18.7. The molecule has 154 valence electrons. The lowest BCUT2D eigenvalue weighted by atomic mass is 9.65. The largest absolute Gasteiger partial charge is 0.489 e. The van der Waals surface area contributed by atoms with E-state index in [-0.39, 0.29) is 11.5 Å². The zero-order valence-corrected chi connectivity index (χ0v) is 17.2. The van der Waals surface area contributed by atoms with E-state index in [1.165, 1.54) is 37.7 Å². The molecule has 0 unspecified atom stereocenters. The summed E-state index contributed by atoms with van der Waals surface area (Å²) in [6.45, 7) is 1.93. The Morgan fingerprint density at radius 1 is 1.07 bits per heavy atom. The van der Waals surface area contributed by atoms with Crippen molar-refractivity contribution < 1.29 is 14.6 Å². The first-order valence-electron chi connectivity index (χ1n) is 11.5. The number of ether oxygens (including phenoxy) is 2. The molecule has 5 rings (SSSR count).